The highest BCUT2D eigenvalue weighted by molar-refractivity contribution is 7.94. The molecule has 2 N–H and O–H groups in total. The molecule has 0 atom stereocenters. The Morgan fingerprint density at radius 3 is 1.73 bits per heavy atom. The Kier molecular flexibility index (Phi) is 4.83. The fourth-order valence-electron chi connectivity index (χ4n) is 0.434. The van der Waals surface area contributed by atoms with Gasteiger partial charge in [-0.1, -0.05) is 0 Å². The molecule has 0 saturated carbocycles. The molecule has 0 aromatic carbocycles. The van der Waals surface area contributed by atoms with Crippen molar-refractivity contribution in [3.05, 3.63) is 18.7 Å². The SMILES string of the molecule is Cn1ccnc1.O=S(=O)(O)OS(=O)(=O)O. The van der Waals surface area contributed by atoms with E-state index in [0.29, 0.717) is 0 Å². The molecule has 0 amide bonds. The van der Waals surface area contributed by atoms with Crippen molar-refractivity contribution in [2.45, 2.75) is 0 Å². The van der Waals surface area contributed by atoms with Gasteiger partial charge >= 0.3 is 20.8 Å². The lowest BCUT2D eigenvalue weighted by Gasteiger charge is -1.89. The van der Waals surface area contributed by atoms with E-state index in [1.54, 1.807) is 12.5 Å². The highest BCUT2D eigenvalue weighted by Gasteiger charge is 2.15. The lowest BCUT2D eigenvalue weighted by molar-refractivity contribution is 0.344. The van der Waals surface area contributed by atoms with Crippen LogP contribution in [0.3, 0.4) is 0 Å². The first-order valence-corrected chi connectivity index (χ1v) is 5.91. The predicted molar refractivity (Wildman–Crippen MR) is 47.4 cm³/mol. The van der Waals surface area contributed by atoms with Gasteiger partial charge in [0.2, 0.25) is 0 Å². The summed E-state index contributed by atoms with van der Waals surface area (Å²) in [5.41, 5.74) is 0. The van der Waals surface area contributed by atoms with Crippen LogP contribution in [0, 0.1) is 0 Å². The third kappa shape index (κ3) is 10.9. The van der Waals surface area contributed by atoms with Gasteiger partial charge in [0.15, 0.2) is 0 Å². The number of nitrogens with zero attached hydrogens (tertiary/aromatic N) is 2. The molecule has 0 spiro atoms. The molecule has 0 aliphatic heterocycles. The van der Waals surface area contributed by atoms with Crippen LogP contribution in [0.25, 0.3) is 0 Å². The summed E-state index contributed by atoms with van der Waals surface area (Å²) in [6.45, 7) is 0. The monoisotopic (exact) mass is 260 g/mol. The maximum absolute atomic E-state index is 9.44. The second-order valence-electron chi connectivity index (χ2n) is 2.15. The van der Waals surface area contributed by atoms with Gasteiger partial charge in [0.1, 0.15) is 0 Å². The minimum absolute atomic E-state index is 1.75. The van der Waals surface area contributed by atoms with Gasteiger partial charge in [0, 0.05) is 19.4 Å². The minimum atomic E-state index is -5.12. The van der Waals surface area contributed by atoms with Gasteiger partial charge in [0.25, 0.3) is 0 Å². The van der Waals surface area contributed by atoms with Gasteiger partial charge in [-0.3, -0.25) is 9.11 Å². The van der Waals surface area contributed by atoms with E-state index in [4.69, 9.17) is 9.11 Å². The van der Waals surface area contributed by atoms with Crippen molar-refractivity contribution in [2.75, 3.05) is 0 Å². The first-order valence-electron chi connectivity index (χ1n) is 3.18. The highest BCUT2D eigenvalue weighted by atomic mass is 32.3. The van der Waals surface area contributed by atoms with Crippen LogP contribution in [0.1, 0.15) is 0 Å². The van der Waals surface area contributed by atoms with E-state index in [1.165, 1.54) is 0 Å². The third-order valence-electron chi connectivity index (χ3n) is 0.809. The summed E-state index contributed by atoms with van der Waals surface area (Å²) in [4.78, 5) is 3.78. The van der Waals surface area contributed by atoms with E-state index < -0.39 is 20.8 Å². The number of aromatic nitrogens is 2. The van der Waals surface area contributed by atoms with Gasteiger partial charge in [0.05, 0.1) is 6.33 Å². The Hall–Kier alpha value is -1.01. The van der Waals surface area contributed by atoms with E-state index in [9.17, 15) is 16.8 Å². The van der Waals surface area contributed by atoms with Crippen LogP contribution in [-0.4, -0.2) is 35.5 Å². The van der Waals surface area contributed by atoms with Crippen molar-refractivity contribution in [1.82, 2.24) is 9.55 Å². The topological polar surface area (TPSA) is 136 Å². The number of aryl methyl sites for hydroxylation is 1. The molecular formula is C4H8N2O7S2. The molecular weight excluding hydrogens is 252 g/mol. The van der Waals surface area contributed by atoms with Crippen LogP contribution in [0.4, 0.5) is 0 Å². The molecule has 15 heavy (non-hydrogen) atoms. The second kappa shape index (κ2) is 5.18. The summed E-state index contributed by atoms with van der Waals surface area (Å²) in [5.74, 6) is 0. The zero-order valence-electron chi connectivity index (χ0n) is 7.38. The van der Waals surface area contributed by atoms with Crippen LogP contribution >= 0.6 is 0 Å². The number of hydrogen-bond donors (Lipinski definition) is 2. The van der Waals surface area contributed by atoms with E-state index >= 15 is 0 Å². The van der Waals surface area contributed by atoms with Gasteiger partial charge in [-0.25, -0.2) is 4.98 Å². The van der Waals surface area contributed by atoms with E-state index in [-0.39, 0.29) is 0 Å². The Bertz CT molecular complexity index is 443. The van der Waals surface area contributed by atoms with Crippen LogP contribution in [-0.2, 0) is 31.5 Å². The standard InChI is InChI=1S/C4H6N2.H2O7S2/c1-6-3-2-5-4-6;1-8(2,3)7-9(4,5)6/h2-4H,1H3;(H,1,2,3)(H,4,5,6). The molecule has 0 radical (unpaired) electrons. The molecule has 11 heteroatoms. The molecule has 0 aliphatic carbocycles. The van der Waals surface area contributed by atoms with Gasteiger partial charge < -0.3 is 4.57 Å². The van der Waals surface area contributed by atoms with Crippen molar-refractivity contribution < 1.29 is 29.6 Å². The van der Waals surface area contributed by atoms with Gasteiger partial charge in [-0.05, 0) is 0 Å². The van der Waals surface area contributed by atoms with Crippen molar-refractivity contribution in [1.29, 1.82) is 0 Å². The van der Waals surface area contributed by atoms with Crippen LogP contribution < -0.4 is 0 Å². The first-order chi connectivity index (χ1) is 6.60. The average Bonchev–Trinajstić information content (AvgIpc) is 2.31. The fourth-order valence-corrected chi connectivity index (χ4v) is 1.30. The van der Waals surface area contributed by atoms with Gasteiger partial charge in [-0.2, -0.15) is 16.8 Å². The van der Waals surface area contributed by atoms with Gasteiger partial charge in [-0.15, -0.1) is 3.63 Å². The minimum Gasteiger partial charge on any atom is -0.341 e. The summed E-state index contributed by atoms with van der Waals surface area (Å²) < 4.78 is 57.5. The molecule has 1 rings (SSSR count). The van der Waals surface area contributed by atoms with E-state index in [1.807, 2.05) is 17.8 Å². The second-order valence-corrected chi connectivity index (χ2v) is 4.41. The fraction of sp³-hybridized carbons (Fsp3) is 0.250. The molecule has 0 aliphatic rings. The predicted octanol–water partition coefficient (Wildman–Crippen LogP) is -0.971. The van der Waals surface area contributed by atoms with Crippen molar-refractivity contribution >= 4 is 20.8 Å². The van der Waals surface area contributed by atoms with Crippen molar-refractivity contribution in [2.24, 2.45) is 7.05 Å². The molecule has 0 fully saturated rings. The third-order valence-corrected chi connectivity index (χ3v) is 2.18. The molecule has 0 bridgehead atoms. The Morgan fingerprint density at radius 2 is 1.67 bits per heavy atom. The van der Waals surface area contributed by atoms with Crippen LogP contribution in [0.15, 0.2) is 18.7 Å². The van der Waals surface area contributed by atoms with Crippen LogP contribution in [0.2, 0.25) is 0 Å². The molecule has 0 saturated heterocycles. The highest BCUT2D eigenvalue weighted by Crippen LogP contribution is 1.91. The Morgan fingerprint density at radius 1 is 1.20 bits per heavy atom. The van der Waals surface area contributed by atoms with Crippen molar-refractivity contribution in [3.8, 4) is 0 Å². The summed E-state index contributed by atoms with van der Waals surface area (Å²) in [7, 11) is -8.30. The maximum Gasteiger partial charge on any atom is 0.413 e. The average molecular weight is 260 g/mol. The number of rotatable bonds is 2. The number of imidazole rings is 1. The quantitative estimate of drug-likeness (QED) is 0.648. The van der Waals surface area contributed by atoms with E-state index in [0.717, 1.165) is 0 Å². The Labute approximate surface area is 86.2 Å². The molecule has 1 heterocycles. The van der Waals surface area contributed by atoms with Crippen LogP contribution in [0.5, 0.6) is 0 Å². The summed E-state index contributed by atoms with van der Waals surface area (Å²) in [5, 5.41) is 0. The molecule has 1 aromatic rings. The largest absolute Gasteiger partial charge is 0.413 e. The zero-order chi connectivity index (χ0) is 12.1. The first kappa shape index (κ1) is 14.0. The lowest BCUT2D eigenvalue weighted by atomic mass is 10.9. The lowest BCUT2D eigenvalue weighted by Crippen LogP contribution is -2.10. The normalized spacial score (nSPS) is 11.7. The molecule has 88 valence electrons. The summed E-state index contributed by atoms with van der Waals surface area (Å²) >= 11 is 0. The van der Waals surface area contributed by atoms with E-state index in [2.05, 4.69) is 8.61 Å². The zero-order valence-corrected chi connectivity index (χ0v) is 9.01. The Balaban J connectivity index is 0.000000280. The molecule has 1 aromatic heterocycles. The summed E-state index contributed by atoms with van der Waals surface area (Å²) in [6, 6.07) is 0. The molecule has 9 nitrogen and oxygen atoms in total. The summed E-state index contributed by atoms with van der Waals surface area (Å²) in [6.07, 6.45) is 5.39. The van der Waals surface area contributed by atoms with Crippen molar-refractivity contribution in [3.63, 3.8) is 0 Å². The number of hydrogen-bond acceptors (Lipinski definition) is 6. The molecule has 0 unspecified atom stereocenters. The maximum atomic E-state index is 9.44. The smallest absolute Gasteiger partial charge is 0.341 e.